The third-order valence-electron chi connectivity index (χ3n) is 3.98. The van der Waals surface area contributed by atoms with Gasteiger partial charge in [0, 0.05) is 51.7 Å². The van der Waals surface area contributed by atoms with Crippen molar-refractivity contribution in [2.75, 3.05) is 31.1 Å². The first-order valence-electron chi connectivity index (χ1n) is 7.31. The summed E-state index contributed by atoms with van der Waals surface area (Å²) in [5.41, 5.74) is -0.751. The number of aryl methyl sites for hydroxylation is 1. The smallest absolute Gasteiger partial charge is 0.346 e. The fourth-order valence-corrected chi connectivity index (χ4v) is 3.79. The maximum absolute atomic E-state index is 12.2. The van der Waals surface area contributed by atoms with Crippen molar-refractivity contribution < 1.29 is 0 Å². The van der Waals surface area contributed by atoms with Gasteiger partial charge < -0.3 is 4.90 Å². The Morgan fingerprint density at radius 3 is 2.48 bits per heavy atom. The lowest BCUT2D eigenvalue weighted by Gasteiger charge is -2.34. The van der Waals surface area contributed by atoms with E-state index in [4.69, 9.17) is 11.6 Å². The van der Waals surface area contributed by atoms with Gasteiger partial charge in [-0.1, -0.05) is 11.6 Å². The highest BCUT2D eigenvalue weighted by Gasteiger charge is 2.22. The molecule has 9 heteroatoms. The molecule has 0 aromatic carbocycles. The van der Waals surface area contributed by atoms with Gasteiger partial charge in [0.2, 0.25) is 5.82 Å². The minimum absolute atomic E-state index is 0.341. The van der Waals surface area contributed by atoms with E-state index in [0.29, 0.717) is 18.9 Å². The lowest BCUT2D eigenvalue weighted by molar-refractivity contribution is 0.250. The fourth-order valence-electron chi connectivity index (χ4n) is 2.65. The minimum Gasteiger partial charge on any atom is -0.348 e. The summed E-state index contributed by atoms with van der Waals surface area (Å²) >= 11 is 7.55. The summed E-state index contributed by atoms with van der Waals surface area (Å²) in [6.07, 6.45) is 0. The van der Waals surface area contributed by atoms with Crippen LogP contribution in [-0.2, 0) is 20.6 Å². The van der Waals surface area contributed by atoms with Gasteiger partial charge in [0.05, 0.1) is 4.34 Å². The van der Waals surface area contributed by atoms with E-state index in [2.05, 4.69) is 10.00 Å². The van der Waals surface area contributed by atoms with Crippen LogP contribution in [0.4, 0.5) is 5.82 Å². The molecule has 2 aromatic rings. The largest absolute Gasteiger partial charge is 0.348 e. The maximum atomic E-state index is 12.2. The maximum Gasteiger partial charge on any atom is 0.346 e. The number of hydrogen-bond donors (Lipinski definition) is 0. The number of aromatic nitrogens is 3. The molecule has 7 nitrogen and oxygen atoms in total. The van der Waals surface area contributed by atoms with Crippen molar-refractivity contribution in [3.63, 3.8) is 0 Å². The van der Waals surface area contributed by atoms with Gasteiger partial charge in [0.25, 0.3) is 5.56 Å². The summed E-state index contributed by atoms with van der Waals surface area (Å²) in [5.74, 6) is 0.341. The molecule has 1 saturated heterocycles. The van der Waals surface area contributed by atoms with Crippen LogP contribution in [0.5, 0.6) is 0 Å². The Kier molecular flexibility index (Phi) is 4.56. The number of thiophene rings is 1. The third-order valence-corrected chi connectivity index (χ3v) is 5.20. The van der Waals surface area contributed by atoms with Crippen molar-refractivity contribution >= 4 is 28.8 Å². The molecular formula is C14H18ClN5O2S. The molecule has 0 N–H and O–H groups in total. The highest BCUT2D eigenvalue weighted by molar-refractivity contribution is 7.16. The molecule has 0 spiro atoms. The van der Waals surface area contributed by atoms with Crippen LogP contribution in [0.3, 0.4) is 0 Å². The number of hydrogen-bond acceptors (Lipinski definition) is 6. The SMILES string of the molecule is Cn1nc(N2CCN(Cc3ccc(Cl)s3)CC2)c(=O)n(C)c1=O. The molecule has 1 aliphatic rings. The van der Waals surface area contributed by atoms with Crippen LogP contribution in [0.25, 0.3) is 0 Å². The molecule has 23 heavy (non-hydrogen) atoms. The summed E-state index contributed by atoms with van der Waals surface area (Å²) in [4.78, 5) is 29.4. The van der Waals surface area contributed by atoms with Crippen molar-refractivity contribution in [3.05, 3.63) is 42.2 Å². The van der Waals surface area contributed by atoms with Crippen LogP contribution in [-0.4, -0.2) is 45.4 Å². The van der Waals surface area contributed by atoms with E-state index < -0.39 is 5.69 Å². The van der Waals surface area contributed by atoms with E-state index in [1.807, 2.05) is 17.0 Å². The van der Waals surface area contributed by atoms with Gasteiger partial charge in [-0.05, 0) is 12.1 Å². The molecule has 0 saturated carbocycles. The second kappa shape index (κ2) is 6.46. The van der Waals surface area contributed by atoms with Crippen molar-refractivity contribution in [1.82, 2.24) is 19.2 Å². The lowest BCUT2D eigenvalue weighted by Crippen LogP contribution is -2.50. The lowest BCUT2D eigenvalue weighted by atomic mass is 10.3. The second-order valence-corrected chi connectivity index (χ2v) is 7.36. The van der Waals surface area contributed by atoms with Crippen LogP contribution in [0.1, 0.15) is 4.88 Å². The quantitative estimate of drug-likeness (QED) is 0.803. The topological polar surface area (TPSA) is 63.4 Å². The van der Waals surface area contributed by atoms with Crippen molar-refractivity contribution in [1.29, 1.82) is 0 Å². The number of piperazine rings is 1. The van der Waals surface area contributed by atoms with Gasteiger partial charge in [-0.15, -0.1) is 16.4 Å². The molecule has 1 aliphatic heterocycles. The summed E-state index contributed by atoms with van der Waals surface area (Å²) < 4.78 is 3.11. The summed E-state index contributed by atoms with van der Waals surface area (Å²) in [7, 11) is 3.04. The molecule has 2 aromatic heterocycles. The van der Waals surface area contributed by atoms with E-state index in [1.165, 1.54) is 16.6 Å². The molecule has 124 valence electrons. The predicted octanol–water partition coefficient (Wildman–Crippen LogP) is 0.516. The number of anilines is 1. The van der Waals surface area contributed by atoms with Gasteiger partial charge in [-0.2, -0.15) is 0 Å². The third kappa shape index (κ3) is 3.34. The van der Waals surface area contributed by atoms with Gasteiger partial charge in [-0.25, -0.2) is 9.48 Å². The van der Waals surface area contributed by atoms with Gasteiger partial charge in [0.1, 0.15) is 0 Å². The Labute approximate surface area is 142 Å². The predicted molar refractivity (Wildman–Crippen MR) is 91.5 cm³/mol. The molecule has 0 amide bonds. The summed E-state index contributed by atoms with van der Waals surface area (Å²) in [5, 5.41) is 4.13. The first-order chi connectivity index (χ1) is 11.0. The molecule has 0 unspecified atom stereocenters. The molecule has 0 atom stereocenters. The molecule has 3 heterocycles. The first kappa shape index (κ1) is 16.2. The fraction of sp³-hybridized carbons (Fsp3) is 0.500. The average molecular weight is 356 g/mol. The van der Waals surface area contributed by atoms with Crippen LogP contribution >= 0.6 is 22.9 Å². The van der Waals surface area contributed by atoms with E-state index in [1.54, 1.807) is 18.4 Å². The first-order valence-corrected chi connectivity index (χ1v) is 8.51. The Morgan fingerprint density at radius 2 is 1.87 bits per heavy atom. The van der Waals surface area contributed by atoms with Crippen molar-refractivity contribution in [3.8, 4) is 0 Å². The minimum atomic E-state index is -0.410. The number of nitrogens with zero attached hydrogens (tertiary/aromatic N) is 5. The highest BCUT2D eigenvalue weighted by Crippen LogP contribution is 2.23. The normalized spacial score (nSPS) is 16.0. The molecule has 0 radical (unpaired) electrons. The van der Waals surface area contributed by atoms with E-state index >= 15 is 0 Å². The Balaban J connectivity index is 1.70. The molecule has 3 rings (SSSR count). The number of rotatable bonds is 3. The number of halogens is 1. The molecule has 1 fully saturated rings. The van der Waals surface area contributed by atoms with E-state index in [-0.39, 0.29) is 5.56 Å². The molecule has 0 aliphatic carbocycles. The zero-order chi connectivity index (χ0) is 16.6. The summed E-state index contributed by atoms with van der Waals surface area (Å²) in [6, 6.07) is 3.96. The van der Waals surface area contributed by atoms with Crippen LogP contribution in [0.2, 0.25) is 4.34 Å². The van der Waals surface area contributed by atoms with Crippen LogP contribution < -0.4 is 16.1 Å². The standard InChI is InChI=1S/C14H18ClN5O2S/c1-17-13(21)12(16-18(2)14(17)22)20-7-5-19(6-8-20)9-10-3-4-11(15)23-10/h3-4H,5-9H2,1-2H3. The van der Waals surface area contributed by atoms with Gasteiger partial charge >= 0.3 is 5.69 Å². The Morgan fingerprint density at radius 1 is 1.17 bits per heavy atom. The molecule has 0 bridgehead atoms. The van der Waals surface area contributed by atoms with Crippen LogP contribution in [0.15, 0.2) is 21.7 Å². The van der Waals surface area contributed by atoms with Crippen molar-refractivity contribution in [2.24, 2.45) is 14.1 Å². The van der Waals surface area contributed by atoms with Gasteiger partial charge in [-0.3, -0.25) is 14.3 Å². The van der Waals surface area contributed by atoms with Gasteiger partial charge in [0.15, 0.2) is 0 Å². The average Bonchev–Trinajstić information content (AvgIpc) is 2.95. The zero-order valence-electron chi connectivity index (χ0n) is 13.0. The van der Waals surface area contributed by atoms with E-state index in [0.717, 1.165) is 28.5 Å². The molecular weight excluding hydrogens is 338 g/mol. The van der Waals surface area contributed by atoms with Crippen molar-refractivity contribution in [2.45, 2.75) is 6.54 Å². The zero-order valence-corrected chi connectivity index (χ0v) is 14.6. The van der Waals surface area contributed by atoms with Crippen LogP contribution in [0, 0.1) is 0 Å². The monoisotopic (exact) mass is 355 g/mol. The second-order valence-electron chi connectivity index (χ2n) is 5.56. The highest BCUT2D eigenvalue weighted by atomic mass is 35.5. The summed E-state index contributed by atoms with van der Waals surface area (Å²) in [6.45, 7) is 3.95. The van der Waals surface area contributed by atoms with E-state index in [9.17, 15) is 9.59 Å². The Hall–Kier alpha value is -1.64. The Bertz CT molecular complexity index is 819.